The largest absolute Gasteiger partial charge is 0.481 e. The molecular formula is C30H31N3O3. The van der Waals surface area contributed by atoms with E-state index < -0.39 is 5.97 Å². The molecule has 0 saturated heterocycles. The predicted octanol–water partition coefficient (Wildman–Crippen LogP) is 6.20. The smallest absolute Gasteiger partial charge is 0.303 e. The average molecular weight is 482 g/mol. The molecule has 184 valence electrons. The molecule has 1 amide bonds. The molecule has 1 unspecified atom stereocenters. The van der Waals surface area contributed by atoms with Gasteiger partial charge in [0.25, 0.3) is 5.91 Å². The number of hydrogen-bond acceptors (Lipinski definition) is 4. The van der Waals surface area contributed by atoms with Gasteiger partial charge in [0.05, 0.1) is 28.5 Å². The number of nitrogens with zero attached hydrogens (tertiary/aromatic N) is 2. The quantitative estimate of drug-likeness (QED) is 0.278. The Hall–Kier alpha value is -4.06. The van der Waals surface area contributed by atoms with E-state index in [0.717, 1.165) is 28.1 Å². The van der Waals surface area contributed by atoms with Crippen molar-refractivity contribution in [1.29, 1.82) is 0 Å². The number of carbonyl (C=O) groups excluding carboxylic acids is 1. The second-order valence-electron chi connectivity index (χ2n) is 9.30. The van der Waals surface area contributed by atoms with Crippen LogP contribution in [0.4, 0.5) is 0 Å². The minimum Gasteiger partial charge on any atom is -0.481 e. The molecule has 0 saturated carbocycles. The topological polar surface area (TPSA) is 92.2 Å². The number of aryl methyl sites for hydroxylation is 3. The molecule has 1 heterocycles. The Morgan fingerprint density at radius 2 is 1.53 bits per heavy atom. The van der Waals surface area contributed by atoms with Crippen molar-refractivity contribution in [2.45, 2.75) is 52.5 Å². The molecule has 0 aliphatic carbocycles. The molecule has 2 N–H and O–H groups in total. The van der Waals surface area contributed by atoms with Gasteiger partial charge in [-0.25, -0.2) is 9.97 Å². The summed E-state index contributed by atoms with van der Waals surface area (Å²) < 4.78 is 0. The second-order valence-corrected chi connectivity index (χ2v) is 9.30. The fraction of sp³-hybridized carbons (Fsp3) is 0.267. The van der Waals surface area contributed by atoms with Crippen LogP contribution in [0.1, 0.15) is 65.0 Å². The summed E-state index contributed by atoms with van der Waals surface area (Å²) in [7, 11) is 0. The van der Waals surface area contributed by atoms with Crippen LogP contribution in [-0.4, -0.2) is 27.0 Å². The zero-order valence-electron chi connectivity index (χ0n) is 20.9. The zero-order chi connectivity index (χ0) is 25.7. The first-order valence-electron chi connectivity index (χ1n) is 12.3. The third kappa shape index (κ3) is 6.13. The molecule has 0 aliphatic heterocycles. The van der Waals surface area contributed by atoms with Crippen LogP contribution < -0.4 is 5.32 Å². The molecule has 6 heteroatoms. The molecule has 0 fully saturated rings. The number of benzene rings is 3. The van der Waals surface area contributed by atoms with Gasteiger partial charge in [0, 0.05) is 17.5 Å². The number of aliphatic carboxylic acids is 1. The van der Waals surface area contributed by atoms with Gasteiger partial charge in [0.1, 0.15) is 0 Å². The van der Waals surface area contributed by atoms with Gasteiger partial charge in [-0.3, -0.25) is 9.59 Å². The summed E-state index contributed by atoms with van der Waals surface area (Å²) in [5, 5.41) is 12.0. The van der Waals surface area contributed by atoms with Gasteiger partial charge in [-0.2, -0.15) is 0 Å². The van der Waals surface area contributed by atoms with E-state index in [2.05, 4.69) is 5.32 Å². The van der Waals surface area contributed by atoms with Crippen molar-refractivity contribution < 1.29 is 14.7 Å². The highest BCUT2D eigenvalue weighted by atomic mass is 16.4. The molecule has 0 radical (unpaired) electrons. The molecule has 6 nitrogen and oxygen atoms in total. The molecule has 1 aromatic heterocycles. The summed E-state index contributed by atoms with van der Waals surface area (Å²) in [6.45, 7) is 6.04. The van der Waals surface area contributed by atoms with Gasteiger partial charge in [-0.1, -0.05) is 59.7 Å². The lowest BCUT2D eigenvalue weighted by Crippen LogP contribution is -2.26. The van der Waals surface area contributed by atoms with Crippen LogP contribution in [0.5, 0.6) is 0 Å². The molecule has 4 rings (SSSR count). The first-order chi connectivity index (χ1) is 17.3. The third-order valence-electron chi connectivity index (χ3n) is 6.30. The highest BCUT2D eigenvalue weighted by Crippen LogP contribution is 2.26. The SMILES string of the molecule is Cc1ccc(-c2nc3ccc(C(=O)NC(C)c4ccc(C)cc4)cc3nc2CCCCC(=O)O)cc1. The number of fused-ring (bicyclic) bond motifs is 1. The summed E-state index contributed by atoms with van der Waals surface area (Å²) in [6, 6.07) is 21.5. The van der Waals surface area contributed by atoms with Crippen LogP contribution in [0.3, 0.4) is 0 Å². The van der Waals surface area contributed by atoms with Crippen molar-refractivity contribution >= 4 is 22.9 Å². The van der Waals surface area contributed by atoms with Gasteiger partial charge in [-0.05, 0) is 63.8 Å². The molecule has 0 bridgehead atoms. The van der Waals surface area contributed by atoms with Gasteiger partial charge in [-0.15, -0.1) is 0 Å². The fourth-order valence-electron chi connectivity index (χ4n) is 4.14. The Morgan fingerprint density at radius 3 is 2.19 bits per heavy atom. The highest BCUT2D eigenvalue weighted by Gasteiger charge is 2.15. The van der Waals surface area contributed by atoms with Crippen molar-refractivity contribution in [3.8, 4) is 11.3 Å². The van der Waals surface area contributed by atoms with Gasteiger partial charge < -0.3 is 10.4 Å². The first kappa shape index (κ1) is 25.0. The number of amides is 1. The maximum Gasteiger partial charge on any atom is 0.303 e. The van der Waals surface area contributed by atoms with Crippen molar-refractivity contribution in [1.82, 2.24) is 15.3 Å². The van der Waals surface area contributed by atoms with Crippen molar-refractivity contribution in [3.05, 3.63) is 94.7 Å². The number of unbranched alkanes of at least 4 members (excludes halogenated alkanes) is 1. The standard InChI is InChI=1S/C30H31N3O3/c1-19-8-12-22(13-9-19)21(3)31-30(36)24-16-17-25-27(18-24)32-26(6-4-5-7-28(34)35)29(33-25)23-14-10-20(2)11-15-23/h8-18,21H,4-7H2,1-3H3,(H,31,36)(H,34,35). The van der Waals surface area contributed by atoms with Gasteiger partial charge >= 0.3 is 5.97 Å². The summed E-state index contributed by atoms with van der Waals surface area (Å²) in [4.78, 5) is 33.7. The number of rotatable bonds is 9. The Morgan fingerprint density at radius 1 is 0.861 bits per heavy atom. The third-order valence-corrected chi connectivity index (χ3v) is 6.30. The monoisotopic (exact) mass is 481 g/mol. The van der Waals surface area contributed by atoms with E-state index in [1.54, 1.807) is 12.1 Å². The van der Waals surface area contributed by atoms with E-state index in [-0.39, 0.29) is 18.4 Å². The van der Waals surface area contributed by atoms with Crippen molar-refractivity contribution in [3.63, 3.8) is 0 Å². The second kappa shape index (κ2) is 11.1. The molecule has 1 atom stereocenters. The van der Waals surface area contributed by atoms with Gasteiger partial charge in [0.15, 0.2) is 0 Å². The molecular weight excluding hydrogens is 450 g/mol. The molecule has 3 aromatic carbocycles. The van der Waals surface area contributed by atoms with Gasteiger partial charge in [0.2, 0.25) is 0 Å². The minimum absolute atomic E-state index is 0.129. The number of carboxylic acids is 1. The van der Waals surface area contributed by atoms with E-state index in [4.69, 9.17) is 15.1 Å². The van der Waals surface area contributed by atoms with Crippen molar-refractivity contribution in [2.75, 3.05) is 0 Å². The fourth-order valence-corrected chi connectivity index (χ4v) is 4.14. The summed E-state index contributed by atoms with van der Waals surface area (Å²) in [6.07, 6.45) is 2.01. The Balaban J connectivity index is 1.62. The normalized spacial score (nSPS) is 11.9. The number of carboxylic acid groups (broad SMARTS) is 1. The number of aromatic nitrogens is 2. The maximum absolute atomic E-state index is 13.0. The van der Waals surface area contributed by atoms with Crippen LogP contribution in [0.15, 0.2) is 66.7 Å². The summed E-state index contributed by atoms with van der Waals surface area (Å²) in [5.74, 6) is -0.966. The summed E-state index contributed by atoms with van der Waals surface area (Å²) in [5.41, 5.74) is 7.83. The van der Waals surface area contributed by atoms with E-state index in [1.807, 2.05) is 75.4 Å². The van der Waals surface area contributed by atoms with Crippen LogP contribution in [-0.2, 0) is 11.2 Å². The van der Waals surface area contributed by atoms with Crippen LogP contribution in [0, 0.1) is 13.8 Å². The Bertz CT molecular complexity index is 1380. The number of carbonyl (C=O) groups is 2. The van der Waals surface area contributed by atoms with Crippen LogP contribution in [0.2, 0.25) is 0 Å². The lowest BCUT2D eigenvalue weighted by molar-refractivity contribution is -0.137. The summed E-state index contributed by atoms with van der Waals surface area (Å²) >= 11 is 0. The number of nitrogens with one attached hydrogen (secondary N) is 1. The molecule has 0 spiro atoms. The maximum atomic E-state index is 13.0. The Kier molecular flexibility index (Phi) is 7.74. The van der Waals surface area contributed by atoms with Crippen molar-refractivity contribution in [2.24, 2.45) is 0 Å². The Labute approximate surface area is 211 Å². The van der Waals surface area contributed by atoms with E-state index in [9.17, 15) is 9.59 Å². The lowest BCUT2D eigenvalue weighted by Gasteiger charge is -2.15. The number of hydrogen-bond donors (Lipinski definition) is 2. The molecule has 4 aromatic rings. The zero-order valence-corrected chi connectivity index (χ0v) is 20.9. The lowest BCUT2D eigenvalue weighted by atomic mass is 10.0. The van der Waals surface area contributed by atoms with E-state index in [1.165, 1.54) is 5.56 Å². The minimum atomic E-state index is -0.797. The molecule has 36 heavy (non-hydrogen) atoms. The predicted molar refractivity (Wildman–Crippen MR) is 142 cm³/mol. The average Bonchev–Trinajstić information content (AvgIpc) is 2.86. The van der Waals surface area contributed by atoms with Crippen LogP contribution in [0.25, 0.3) is 22.3 Å². The highest BCUT2D eigenvalue weighted by molar-refractivity contribution is 5.97. The van der Waals surface area contributed by atoms with E-state index >= 15 is 0 Å². The first-order valence-corrected chi connectivity index (χ1v) is 12.3. The van der Waals surface area contributed by atoms with E-state index in [0.29, 0.717) is 35.9 Å². The van der Waals surface area contributed by atoms with Crippen LogP contribution >= 0.6 is 0 Å². The molecule has 0 aliphatic rings.